The molecule has 1 fully saturated rings. The summed E-state index contributed by atoms with van der Waals surface area (Å²) in [7, 11) is -3.64. The predicted molar refractivity (Wildman–Crippen MR) is 101 cm³/mol. The number of nitrogens with one attached hydrogen (secondary N) is 1. The summed E-state index contributed by atoms with van der Waals surface area (Å²) in [5, 5.41) is 16.2. The first kappa shape index (κ1) is 21.7. The summed E-state index contributed by atoms with van der Waals surface area (Å²) in [6, 6.07) is 6.96. The van der Waals surface area contributed by atoms with Crippen LogP contribution in [0.5, 0.6) is 0 Å². The number of hydrogen-bond acceptors (Lipinski definition) is 7. The Morgan fingerprint density at radius 3 is 2.50 bits per heavy atom. The second-order valence-electron chi connectivity index (χ2n) is 6.77. The highest BCUT2D eigenvalue weighted by Gasteiger charge is 2.31. The monoisotopic (exact) mass is 405 g/mol. The molecule has 0 radical (unpaired) electrons. The van der Waals surface area contributed by atoms with Gasteiger partial charge in [0.2, 0.25) is 10.0 Å². The normalized spacial score (nSPS) is 18.7. The topological polar surface area (TPSA) is 128 Å². The Morgan fingerprint density at radius 2 is 1.96 bits per heavy atom. The first-order valence-electron chi connectivity index (χ1n) is 8.95. The summed E-state index contributed by atoms with van der Waals surface area (Å²) in [6.07, 6.45) is 2.64. The number of nitriles is 1. The molecule has 1 aliphatic rings. The lowest BCUT2D eigenvalue weighted by atomic mass is 10.0. The average molecular weight is 405 g/mol. The zero-order valence-corrected chi connectivity index (χ0v) is 16.7. The number of ether oxygens (including phenoxy) is 1. The summed E-state index contributed by atoms with van der Waals surface area (Å²) in [5.41, 5.74) is -0.0245. The van der Waals surface area contributed by atoms with E-state index in [9.17, 15) is 18.0 Å². The number of benzene rings is 1. The Balaban J connectivity index is 2.05. The van der Waals surface area contributed by atoms with Crippen molar-refractivity contribution in [3.8, 4) is 6.07 Å². The Bertz CT molecular complexity index is 902. The Kier molecular flexibility index (Phi) is 7.05. The molecule has 1 saturated heterocycles. The SMILES string of the molecule is CC(=N)[C@@H](C#N)C(=O)COC(=O)c1ccc(S(=O)(=O)N2CCCC[C@@H]2C)cc1. The summed E-state index contributed by atoms with van der Waals surface area (Å²) in [4.78, 5) is 24.0. The van der Waals surface area contributed by atoms with E-state index < -0.39 is 34.3 Å². The first-order chi connectivity index (χ1) is 13.2. The van der Waals surface area contributed by atoms with Crippen LogP contribution in [0.15, 0.2) is 29.2 Å². The first-order valence-corrected chi connectivity index (χ1v) is 10.4. The zero-order valence-electron chi connectivity index (χ0n) is 15.8. The molecule has 1 aromatic carbocycles. The van der Waals surface area contributed by atoms with Gasteiger partial charge in [0.25, 0.3) is 0 Å². The quantitative estimate of drug-likeness (QED) is 0.547. The fraction of sp³-hybridized carbons (Fsp3) is 0.474. The van der Waals surface area contributed by atoms with Gasteiger partial charge >= 0.3 is 5.97 Å². The van der Waals surface area contributed by atoms with Crippen LogP contribution in [0.25, 0.3) is 0 Å². The smallest absolute Gasteiger partial charge is 0.338 e. The summed E-state index contributed by atoms with van der Waals surface area (Å²) >= 11 is 0. The van der Waals surface area contributed by atoms with Crippen LogP contribution in [0.2, 0.25) is 0 Å². The van der Waals surface area contributed by atoms with E-state index in [-0.39, 0.29) is 22.2 Å². The van der Waals surface area contributed by atoms with Crippen molar-refractivity contribution < 1.29 is 22.7 Å². The fourth-order valence-corrected chi connectivity index (χ4v) is 4.74. The van der Waals surface area contributed by atoms with Crippen LogP contribution in [-0.4, -0.2) is 49.4 Å². The number of carbonyl (C=O) groups is 2. The second kappa shape index (κ2) is 9.08. The second-order valence-corrected chi connectivity index (χ2v) is 8.66. The number of hydrogen-bond donors (Lipinski definition) is 1. The van der Waals surface area contributed by atoms with Gasteiger partial charge in [-0.15, -0.1) is 0 Å². The van der Waals surface area contributed by atoms with Crippen molar-refractivity contribution >= 4 is 27.5 Å². The molecule has 2 atom stereocenters. The number of piperidine rings is 1. The van der Waals surface area contributed by atoms with Crippen molar-refractivity contribution in [3.63, 3.8) is 0 Å². The van der Waals surface area contributed by atoms with Crippen LogP contribution in [0.4, 0.5) is 0 Å². The highest BCUT2D eigenvalue weighted by atomic mass is 32.2. The lowest BCUT2D eigenvalue weighted by Gasteiger charge is -2.32. The molecular weight excluding hydrogens is 382 g/mol. The largest absolute Gasteiger partial charge is 0.454 e. The predicted octanol–water partition coefficient (Wildman–Crippen LogP) is 2.16. The third-order valence-corrected chi connectivity index (χ3v) is 6.70. The molecule has 0 aliphatic carbocycles. The fourth-order valence-electron chi connectivity index (χ4n) is 3.04. The average Bonchev–Trinajstić information content (AvgIpc) is 2.66. The molecule has 1 aliphatic heterocycles. The van der Waals surface area contributed by atoms with Gasteiger partial charge in [-0.25, -0.2) is 13.2 Å². The van der Waals surface area contributed by atoms with Crippen molar-refractivity contribution in [2.24, 2.45) is 5.92 Å². The maximum Gasteiger partial charge on any atom is 0.338 e. The van der Waals surface area contributed by atoms with Crippen molar-refractivity contribution in [3.05, 3.63) is 29.8 Å². The van der Waals surface area contributed by atoms with E-state index in [0.29, 0.717) is 6.54 Å². The van der Waals surface area contributed by atoms with Gasteiger partial charge in [0.1, 0.15) is 5.92 Å². The van der Waals surface area contributed by atoms with Gasteiger partial charge in [0, 0.05) is 18.3 Å². The number of sulfonamides is 1. The summed E-state index contributed by atoms with van der Waals surface area (Å²) < 4.78 is 31.9. The van der Waals surface area contributed by atoms with Gasteiger partial charge in [-0.3, -0.25) is 4.79 Å². The number of Topliss-reactive ketones (excluding diaryl/α,β-unsaturated/α-hetero) is 1. The number of ketones is 1. The van der Waals surface area contributed by atoms with Gasteiger partial charge in [0.05, 0.1) is 16.5 Å². The highest BCUT2D eigenvalue weighted by molar-refractivity contribution is 7.89. The number of rotatable bonds is 7. The molecule has 0 saturated carbocycles. The Hall–Kier alpha value is -2.57. The molecule has 1 heterocycles. The highest BCUT2D eigenvalue weighted by Crippen LogP contribution is 2.25. The van der Waals surface area contributed by atoms with E-state index in [1.807, 2.05) is 6.92 Å². The van der Waals surface area contributed by atoms with E-state index in [4.69, 9.17) is 15.4 Å². The van der Waals surface area contributed by atoms with E-state index in [0.717, 1.165) is 19.3 Å². The molecule has 0 amide bonds. The minimum absolute atomic E-state index is 0.0696. The van der Waals surface area contributed by atoms with E-state index in [1.165, 1.54) is 35.5 Å². The Morgan fingerprint density at radius 1 is 1.32 bits per heavy atom. The molecule has 8 nitrogen and oxygen atoms in total. The van der Waals surface area contributed by atoms with Crippen molar-refractivity contribution in [1.29, 1.82) is 10.7 Å². The van der Waals surface area contributed by atoms with Gasteiger partial charge in [-0.05, 0) is 51.0 Å². The van der Waals surface area contributed by atoms with Crippen LogP contribution >= 0.6 is 0 Å². The Labute approximate surface area is 164 Å². The third kappa shape index (κ3) is 4.82. The molecule has 0 unspecified atom stereocenters. The van der Waals surface area contributed by atoms with Crippen molar-refractivity contribution in [2.75, 3.05) is 13.2 Å². The maximum absolute atomic E-state index is 12.8. The summed E-state index contributed by atoms with van der Waals surface area (Å²) in [5.74, 6) is -2.73. The van der Waals surface area contributed by atoms with Crippen LogP contribution in [0, 0.1) is 22.7 Å². The van der Waals surface area contributed by atoms with Crippen molar-refractivity contribution in [2.45, 2.75) is 44.0 Å². The molecule has 1 N–H and O–H groups in total. The number of nitrogens with zero attached hydrogens (tertiary/aromatic N) is 2. The van der Waals surface area contributed by atoms with Crippen LogP contribution in [-0.2, 0) is 19.6 Å². The van der Waals surface area contributed by atoms with E-state index >= 15 is 0 Å². The van der Waals surface area contributed by atoms with Crippen molar-refractivity contribution in [1.82, 2.24) is 4.31 Å². The van der Waals surface area contributed by atoms with Crippen LogP contribution in [0.3, 0.4) is 0 Å². The minimum atomic E-state index is -3.64. The van der Waals surface area contributed by atoms with Crippen LogP contribution in [0.1, 0.15) is 43.5 Å². The molecular formula is C19H23N3O5S. The van der Waals surface area contributed by atoms with Gasteiger partial charge in [-0.2, -0.15) is 9.57 Å². The lowest BCUT2D eigenvalue weighted by molar-refractivity contribution is -0.122. The molecule has 2 rings (SSSR count). The number of carbonyl (C=O) groups excluding carboxylic acids is 2. The third-order valence-electron chi connectivity index (χ3n) is 4.67. The molecule has 150 valence electrons. The number of esters is 1. The molecule has 0 bridgehead atoms. The van der Waals surface area contributed by atoms with E-state index in [2.05, 4.69) is 0 Å². The molecule has 1 aromatic rings. The van der Waals surface area contributed by atoms with Crippen LogP contribution < -0.4 is 0 Å². The zero-order chi connectivity index (χ0) is 20.9. The molecule has 9 heteroatoms. The lowest BCUT2D eigenvalue weighted by Crippen LogP contribution is -2.41. The van der Waals surface area contributed by atoms with Gasteiger partial charge in [-0.1, -0.05) is 6.42 Å². The van der Waals surface area contributed by atoms with E-state index in [1.54, 1.807) is 6.07 Å². The molecule has 0 spiro atoms. The minimum Gasteiger partial charge on any atom is -0.454 e. The molecule has 0 aromatic heterocycles. The standard InChI is InChI=1S/C19H23N3O5S/c1-13-5-3-4-10-22(13)28(25,26)16-8-6-15(7-9-16)19(24)27-12-18(23)17(11-20)14(2)21/h6-9,13,17,21H,3-5,10,12H2,1-2H3/t13-,17+/m0/s1. The maximum atomic E-state index is 12.8. The summed E-state index contributed by atoms with van der Waals surface area (Å²) in [6.45, 7) is 3.06. The molecule has 28 heavy (non-hydrogen) atoms. The van der Waals surface area contributed by atoms with Gasteiger partial charge < -0.3 is 10.1 Å². The van der Waals surface area contributed by atoms with Gasteiger partial charge in [0.15, 0.2) is 12.4 Å².